The maximum absolute atomic E-state index is 6.05. The second kappa shape index (κ2) is 15.6. The fourth-order valence-electron chi connectivity index (χ4n) is 7.43. The van der Waals surface area contributed by atoms with Crippen molar-refractivity contribution in [3.05, 3.63) is 224 Å². The summed E-state index contributed by atoms with van der Waals surface area (Å²) in [6, 6.07) is 78.9. The molecule has 0 amide bonds. The molecule has 8 aromatic carbocycles. The maximum atomic E-state index is 6.05. The first kappa shape index (κ1) is 35.0. The van der Waals surface area contributed by atoms with Gasteiger partial charge in [0.25, 0.3) is 0 Å². The van der Waals surface area contributed by atoms with Gasteiger partial charge in [-0.25, -0.2) is 4.98 Å². The topological polar surface area (TPSA) is 32.5 Å². The van der Waals surface area contributed by atoms with Gasteiger partial charge < -0.3 is 14.2 Å². The monoisotopic (exact) mass is 763 g/mol. The lowest BCUT2D eigenvalue weighted by atomic mass is 10.0. The highest BCUT2D eigenvalue weighted by Gasteiger charge is 2.16. The van der Waals surface area contributed by atoms with E-state index in [0.29, 0.717) is 5.89 Å². The van der Waals surface area contributed by atoms with E-state index in [1.54, 1.807) is 0 Å². The van der Waals surface area contributed by atoms with Gasteiger partial charge in [0.2, 0.25) is 5.89 Å². The summed E-state index contributed by atoms with van der Waals surface area (Å²) in [6.45, 7) is 0. The van der Waals surface area contributed by atoms with Crippen molar-refractivity contribution in [2.24, 2.45) is 0 Å². The fraction of sp³-hybridized carbons (Fsp3) is 0. The van der Waals surface area contributed by atoms with E-state index in [0.717, 1.165) is 61.9 Å². The average molecular weight is 764 g/mol. The molecule has 0 aliphatic heterocycles. The SMILES string of the molecule is c1ccc(-c2ccc(-c3ccc(N(c4ccccc4)c4ccc(-c5ccc(N(c6ccccc6)c6ccc(-c7nc8ccccc8o7)cc6)cc5)cc4)cc3)s2)cc1. The quantitative estimate of drug-likeness (QED) is 0.139. The highest BCUT2D eigenvalue weighted by atomic mass is 32.1. The third-order valence-electron chi connectivity index (χ3n) is 10.4. The number of thiophene rings is 1. The molecule has 0 fully saturated rings. The molecule has 2 aromatic heterocycles. The Morgan fingerprint density at radius 1 is 0.310 bits per heavy atom. The number of fused-ring (bicyclic) bond motifs is 1. The van der Waals surface area contributed by atoms with Crippen molar-refractivity contribution in [1.82, 2.24) is 4.98 Å². The van der Waals surface area contributed by atoms with Gasteiger partial charge in [0.15, 0.2) is 5.58 Å². The largest absolute Gasteiger partial charge is 0.436 e. The van der Waals surface area contributed by atoms with E-state index < -0.39 is 0 Å². The highest BCUT2D eigenvalue weighted by Crippen LogP contribution is 2.40. The van der Waals surface area contributed by atoms with Crippen LogP contribution in [0.1, 0.15) is 0 Å². The lowest BCUT2D eigenvalue weighted by molar-refractivity contribution is 0.620. The number of aromatic nitrogens is 1. The van der Waals surface area contributed by atoms with Crippen molar-refractivity contribution < 1.29 is 4.42 Å². The van der Waals surface area contributed by atoms with Crippen LogP contribution in [-0.4, -0.2) is 4.98 Å². The zero-order chi connectivity index (χ0) is 38.7. The van der Waals surface area contributed by atoms with Crippen LogP contribution in [0.5, 0.6) is 0 Å². The molecule has 0 atom stereocenters. The Bertz CT molecular complexity index is 2870. The molecule has 0 bridgehead atoms. The number of rotatable bonds is 10. The molecule has 0 unspecified atom stereocenters. The van der Waals surface area contributed by atoms with Crippen molar-refractivity contribution in [2.75, 3.05) is 9.80 Å². The molecule has 0 saturated heterocycles. The zero-order valence-corrected chi connectivity index (χ0v) is 32.3. The molecule has 0 radical (unpaired) electrons. The summed E-state index contributed by atoms with van der Waals surface area (Å²) in [7, 11) is 0. The molecule has 0 aliphatic carbocycles. The summed E-state index contributed by atoms with van der Waals surface area (Å²) < 4.78 is 6.05. The predicted octanol–water partition coefficient (Wildman–Crippen LogP) is 15.5. The molecule has 0 N–H and O–H groups in total. The smallest absolute Gasteiger partial charge is 0.227 e. The fourth-order valence-corrected chi connectivity index (χ4v) is 8.45. The van der Waals surface area contributed by atoms with Gasteiger partial charge in [0.05, 0.1) is 0 Å². The van der Waals surface area contributed by atoms with Crippen molar-refractivity contribution in [1.29, 1.82) is 0 Å². The number of para-hydroxylation sites is 4. The van der Waals surface area contributed by atoms with Gasteiger partial charge in [-0.3, -0.25) is 0 Å². The third-order valence-corrected chi connectivity index (χ3v) is 11.5. The van der Waals surface area contributed by atoms with Crippen LogP contribution in [0, 0.1) is 0 Å². The molecule has 5 heteroatoms. The van der Waals surface area contributed by atoms with Gasteiger partial charge in [0.1, 0.15) is 5.52 Å². The molecule has 0 spiro atoms. The second-order valence-electron chi connectivity index (χ2n) is 14.0. The van der Waals surface area contributed by atoms with Gasteiger partial charge in [-0.15, -0.1) is 11.3 Å². The Morgan fingerprint density at radius 2 is 0.672 bits per heavy atom. The van der Waals surface area contributed by atoms with E-state index in [2.05, 4.69) is 204 Å². The first-order valence-electron chi connectivity index (χ1n) is 19.4. The van der Waals surface area contributed by atoms with Crippen LogP contribution in [0.3, 0.4) is 0 Å². The summed E-state index contributed by atoms with van der Waals surface area (Å²) in [5.41, 5.74) is 13.8. The predicted molar refractivity (Wildman–Crippen MR) is 243 cm³/mol. The van der Waals surface area contributed by atoms with Crippen molar-refractivity contribution in [2.45, 2.75) is 0 Å². The molecule has 276 valence electrons. The summed E-state index contributed by atoms with van der Waals surface area (Å²) in [5.74, 6) is 0.617. The molecule has 0 aliphatic rings. The minimum absolute atomic E-state index is 0.617. The summed E-state index contributed by atoms with van der Waals surface area (Å²) in [6.07, 6.45) is 0. The molecule has 10 rings (SSSR count). The standard InChI is InChI=1S/C53H37N3OS/c1-4-12-40(13-5-1)51-36-37-52(58-51)41-24-32-47(33-25-41)55(43-14-6-2-7-15-43)45-28-20-38(21-29-45)39-22-30-46(31-23-39)56(44-16-8-3-9-17-44)48-34-26-42(27-35-48)53-54-49-18-10-11-19-50(49)57-53/h1-37H. The van der Waals surface area contributed by atoms with E-state index >= 15 is 0 Å². The average Bonchev–Trinajstić information content (AvgIpc) is 3.98. The third kappa shape index (κ3) is 7.07. The molecule has 4 nitrogen and oxygen atoms in total. The van der Waals surface area contributed by atoms with Crippen LogP contribution in [-0.2, 0) is 0 Å². The molecular formula is C53H37N3OS. The Morgan fingerprint density at radius 3 is 1.14 bits per heavy atom. The normalized spacial score (nSPS) is 11.1. The Labute approximate surface area is 342 Å². The van der Waals surface area contributed by atoms with Crippen molar-refractivity contribution in [3.63, 3.8) is 0 Å². The van der Waals surface area contributed by atoms with Gasteiger partial charge in [-0.2, -0.15) is 0 Å². The van der Waals surface area contributed by atoms with Crippen LogP contribution in [0.4, 0.5) is 34.1 Å². The Kier molecular flexibility index (Phi) is 9.40. The second-order valence-corrected chi connectivity index (χ2v) is 15.1. The van der Waals surface area contributed by atoms with E-state index in [1.807, 2.05) is 41.7 Å². The molecular weight excluding hydrogens is 727 g/mol. The minimum atomic E-state index is 0.617. The number of anilines is 6. The number of oxazole rings is 1. The lowest BCUT2D eigenvalue weighted by Crippen LogP contribution is -2.10. The first-order chi connectivity index (χ1) is 28.7. The van der Waals surface area contributed by atoms with Crippen LogP contribution < -0.4 is 9.80 Å². The van der Waals surface area contributed by atoms with Gasteiger partial charge in [-0.05, 0) is 131 Å². The first-order valence-corrected chi connectivity index (χ1v) is 20.2. The van der Waals surface area contributed by atoms with Crippen molar-refractivity contribution in [3.8, 4) is 43.5 Å². The molecule has 0 saturated carbocycles. The number of hydrogen-bond donors (Lipinski definition) is 0. The summed E-state index contributed by atoms with van der Waals surface area (Å²) in [4.78, 5) is 11.8. The maximum Gasteiger partial charge on any atom is 0.227 e. The summed E-state index contributed by atoms with van der Waals surface area (Å²) in [5, 5.41) is 0. The van der Waals surface area contributed by atoms with Crippen LogP contribution >= 0.6 is 11.3 Å². The van der Waals surface area contributed by atoms with Crippen LogP contribution in [0.15, 0.2) is 229 Å². The van der Waals surface area contributed by atoms with Gasteiger partial charge in [0, 0.05) is 49.4 Å². The minimum Gasteiger partial charge on any atom is -0.436 e. The molecule has 58 heavy (non-hydrogen) atoms. The van der Waals surface area contributed by atoms with Crippen LogP contribution in [0.2, 0.25) is 0 Å². The zero-order valence-electron chi connectivity index (χ0n) is 31.5. The Hall–Kier alpha value is -7.47. The number of benzene rings is 8. The van der Waals surface area contributed by atoms with E-state index in [4.69, 9.17) is 9.40 Å². The van der Waals surface area contributed by atoms with Gasteiger partial charge in [-0.1, -0.05) is 115 Å². The lowest BCUT2D eigenvalue weighted by Gasteiger charge is -2.26. The summed E-state index contributed by atoms with van der Waals surface area (Å²) >= 11 is 1.82. The van der Waals surface area contributed by atoms with Crippen molar-refractivity contribution >= 4 is 56.6 Å². The number of nitrogens with zero attached hydrogens (tertiary/aromatic N) is 3. The molecule has 10 aromatic rings. The van der Waals surface area contributed by atoms with E-state index in [-0.39, 0.29) is 0 Å². The number of hydrogen-bond acceptors (Lipinski definition) is 5. The highest BCUT2D eigenvalue weighted by molar-refractivity contribution is 7.18. The molecule has 2 heterocycles. The van der Waals surface area contributed by atoms with Gasteiger partial charge >= 0.3 is 0 Å². The van der Waals surface area contributed by atoms with E-state index in [9.17, 15) is 0 Å². The Balaban J connectivity index is 0.911. The van der Waals surface area contributed by atoms with E-state index in [1.165, 1.54) is 20.9 Å². The van der Waals surface area contributed by atoms with Crippen LogP contribution in [0.25, 0.3) is 54.6 Å².